The quantitative estimate of drug-likeness (QED) is 0.864. The number of nitrogens with zero attached hydrogens (tertiary/aromatic N) is 2. The van der Waals surface area contributed by atoms with E-state index in [1.54, 1.807) is 4.90 Å². The fourth-order valence-corrected chi connectivity index (χ4v) is 2.56. The van der Waals surface area contributed by atoms with Gasteiger partial charge in [0.05, 0.1) is 11.8 Å². The molecule has 1 saturated heterocycles. The van der Waals surface area contributed by atoms with Crippen LogP contribution in [-0.2, 0) is 0 Å². The number of aromatic nitrogens is 1. The van der Waals surface area contributed by atoms with Crippen molar-refractivity contribution in [2.45, 2.75) is 25.8 Å². The number of pyridine rings is 1. The van der Waals surface area contributed by atoms with Gasteiger partial charge in [0, 0.05) is 25.3 Å². The van der Waals surface area contributed by atoms with Crippen molar-refractivity contribution in [1.82, 2.24) is 9.88 Å². The molecule has 1 aliphatic heterocycles. The molecule has 18 heavy (non-hydrogen) atoms. The summed E-state index contributed by atoms with van der Waals surface area (Å²) in [6.07, 6.45) is 4.54. The van der Waals surface area contributed by atoms with Crippen molar-refractivity contribution in [3.63, 3.8) is 0 Å². The Hall–Kier alpha value is -1.49. The molecule has 2 heterocycles. The number of amides is 1. The monoisotopic (exact) mass is 251 g/mol. The Morgan fingerprint density at radius 2 is 2.39 bits per heavy atom. The van der Waals surface area contributed by atoms with Crippen molar-refractivity contribution < 1.29 is 9.18 Å². The SMILES string of the molecule is C[C@H]1CCCN(C(=O)c2cncc(F)c2)[C@@H]1CN. The predicted molar refractivity (Wildman–Crippen MR) is 66.5 cm³/mol. The van der Waals surface area contributed by atoms with Crippen LogP contribution in [0.1, 0.15) is 30.1 Å². The number of carbonyl (C=O) groups excluding carboxylic acids is 1. The average molecular weight is 251 g/mol. The molecular weight excluding hydrogens is 233 g/mol. The van der Waals surface area contributed by atoms with E-state index in [1.807, 2.05) is 0 Å². The molecule has 0 bridgehead atoms. The van der Waals surface area contributed by atoms with Gasteiger partial charge in [0.15, 0.2) is 0 Å². The molecule has 1 fully saturated rings. The molecule has 2 N–H and O–H groups in total. The van der Waals surface area contributed by atoms with Crippen molar-refractivity contribution in [2.75, 3.05) is 13.1 Å². The van der Waals surface area contributed by atoms with Crippen LogP contribution < -0.4 is 5.73 Å². The first-order valence-corrected chi connectivity index (χ1v) is 6.25. The minimum absolute atomic E-state index is 0.0366. The smallest absolute Gasteiger partial charge is 0.255 e. The Balaban J connectivity index is 2.21. The van der Waals surface area contributed by atoms with E-state index >= 15 is 0 Å². The Morgan fingerprint density at radius 3 is 3.06 bits per heavy atom. The van der Waals surface area contributed by atoms with Gasteiger partial charge in [-0.3, -0.25) is 9.78 Å². The first kappa shape index (κ1) is 13.0. The molecule has 0 unspecified atom stereocenters. The van der Waals surface area contributed by atoms with Crippen LogP contribution >= 0.6 is 0 Å². The van der Waals surface area contributed by atoms with Gasteiger partial charge in [-0.05, 0) is 24.8 Å². The van der Waals surface area contributed by atoms with Crippen LogP contribution in [0.25, 0.3) is 0 Å². The van der Waals surface area contributed by atoms with Gasteiger partial charge in [0.25, 0.3) is 5.91 Å². The Kier molecular flexibility index (Phi) is 3.91. The minimum Gasteiger partial charge on any atom is -0.334 e. The summed E-state index contributed by atoms with van der Waals surface area (Å²) in [5, 5.41) is 0. The van der Waals surface area contributed by atoms with Gasteiger partial charge in [-0.15, -0.1) is 0 Å². The third kappa shape index (κ3) is 2.51. The summed E-state index contributed by atoms with van der Waals surface area (Å²) in [6, 6.07) is 1.26. The number of carbonyl (C=O) groups is 1. The van der Waals surface area contributed by atoms with E-state index in [9.17, 15) is 9.18 Å². The van der Waals surface area contributed by atoms with Crippen molar-refractivity contribution in [1.29, 1.82) is 0 Å². The Morgan fingerprint density at radius 1 is 1.61 bits per heavy atom. The molecule has 5 heteroatoms. The van der Waals surface area contributed by atoms with E-state index in [-0.39, 0.29) is 11.9 Å². The molecule has 0 aromatic carbocycles. The van der Waals surface area contributed by atoms with Crippen LogP contribution in [0.3, 0.4) is 0 Å². The summed E-state index contributed by atoms with van der Waals surface area (Å²) in [4.78, 5) is 17.8. The van der Waals surface area contributed by atoms with Crippen LogP contribution in [0.4, 0.5) is 4.39 Å². The largest absolute Gasteiger partial charge is 0.334 e. The molecule has 0 aliphatic carbocycles. The molecule has 1 aromatic heterocycles. The summed E-state index contributed by atoms with van der Waals surface area (Å²) < 4.78 is 13.1. The maximum Gasteiger partial charge on any atom is 0.255 e. The highest BCUT2D eigenvalue weighted by molar-refractivity contribution is 5.94. The van der Waals surface area contributed by atoms with Gasteiger partial charge < -0.3 is 10.6 Å². The molecular formula is C13H18FN3O. The predicted octanol–water partition coefficient (Wildman–Crippen LogP) is 1.42. The summed E-state index contributed by atoms with van der Waals surface area (Å²) >= 11 is 0. The maximum atomic E-state index is 13.1. The van der Waals surface area contributed by atoms with E-state index in [4.69, 9.17) is 5.73 Å². The summed E-state index contributed by atoms with van der Waals surface area (Å²) in [5.41, 5.74) is 6.04. The number of likely N-dealkylation sites (tertiary alicyclic amines) is 1. The zero-order valence-electron chi connectivity index (χ0n) is 10.5. The molecule has 0 spiro atoms. The van der Waals surface area contributed by atoms with Crippen molar-refractivity contribution in [2.24, 2.45) is 11.7 Å². The molecule has 1 aromatic rings. The minimum atomic E-state index is -0.491. The molecule has 1 amide bonds. The summed E-state index contributed by atoms with van der Waals surface area (Å²) in [5.74, 6) is -0.284. The highest BCUT2D eigenvalue weighted by Crippen LogP contribution is 2.24. The Bertz CT molecular complexity index is 438. The van der Waals surface area contributed by atoms with Crippen molar-refractivity contribution >= 4 is 5.91 Å². The highest BCUT2D eigenvalue weighted by atomic mass is 19.1. The van der Waals surface area contributed by atoms with Crippen LogP contribution in [0, 0.1) is 11.7 Å². The van der Waals surface area contributed by atoms with E-state index in [0.717, 1.165) is 19.0 Å². The van der Waals surface area contributed by atoms with Gasteiger partial charge in [0.2, 0.25) is 0 Å². The first-order chi connectivity index (χ1) is 8.63. The number of piperidine rings is 1. The van der Waals surface area contributed by atoms with Crippen LogP contribution in [-0.4, -0.2) is 34.9 Å². The van der Waals surface area contributed by atoms with E-state index < -0.39 is 5.82 Å². The number of nitrogens with two attached hydrogens (primary N) is 1. The number of hydrogen-bond acceptors (Lipinski definition) is 3. The third-order valence-corrected chi connectivity index (χ3v) is 3.57. The lowest BCUT2D eigenvalue weighted by molar-refractivity contribution is 0.0531. The number of rotatable bonds is 2. The van der Waals surface area contributed by atoms with Gasteiger partial charge in [-0.25, -0.2) is 4.39 Å². The van der Waals surface area contributed by atoms with E-state index in [0.29, 0.717) is 24.6 Å². The molecule has 0 radical (unpaired) electrons. The van der Waals surface area contributed by atoms with Crippen LogP contribution in [0.2, 0.25) is 0 Å². The molecule has 2 atom stereocenters. The molecule has 98 valence electrons. The van der Waals surface area contributed by atoms with Gasteiger partial charge in [-0.1, -0.05) is 6.92 Å². The Labute approximate surface area is 106 Å². The molecule has 0 saturated carbocycles. The average Bonchev–Trinajstić information content (AvgIpc) is 2.37. The molecule has 2 rings (SSSR count). The fraction of sp³-hybridized carbons (Fsp3) is 0.538. The number of halogens is 1. The van der Waals surface area contributed by atoms with Gasteiger partial charge in [0.1, 0.15) is 5.82 Å². The second kappa shape index (κ2) is 5.44. The summed E-state index contributed by atoms with van der Waals surface area (Å²) in [7, 11) is 0. The second-order valence-corrected chi connectivity index (χ2v) is 4.81. The lowest BCUT2D eigenvalue weighted by Gasteiger charge is -2.39. The third-order valence-electron chi connectivity index (χ3n) is 3.57. The first-order valence-electron chi connectivity index (χ1n) is 6.25. The second-order valence-electron chi connectivity index (χ2n) is 4.81. The number of hydrogen-bond donors (Lipinski definition) is 1. The highest BCUT2D eigenvalue weighted by Gasteiger charge is 2.31. The summed E-state index contributed by atoms with van der Waals surface area (Å²) in [6.45, 7) is 3.22. The fourth-order valence-electron chi connectivity index (χ4n) is 2.56. The molecule has 4 nitrogen and oxygen atoms in total. The van der Waals surface area contributed by atoms with Crippen molar-refractivity contribution in [3.05, 3.63) is 29.8 Å². The normalized spacial score (nSPS) is 24.1. The van der Waals surface area contributed by atoms with E-state index in [2.05, 4.69) is 11.9 Å². The van der Waals surface area contributed by atoms with Crippen LogP contribution in [0.15, 0.2) is 18.5 Å². The topological polar surface area (TPSA) is 59.2 Å². The maximum absolute atomic E-state index is 13.1. The van der Waals surface area contributed by atoms with Crippen molar-refractivity contribution in [3.8, 4) is 0 Å². The lowest BCUT2D eigenvalue weighted by Crippen LogP contribution is -2.51. The van der Waals surface area contributed by atoms with Crippen LogP contribution in [0.5, 0.6) is 0 Å². The van der Waals surface area contributed by atoms with Gasteiger partial charge >= 0.3 is 0 Å². The zero-order chi connectivity index (χ0) is 13.1. The zero-order valence-corrected chi connectivity index (χ0v) is 10.5. The van der Waals surface area contributed by atoms with Gasteiger partial charge in [-0.2, -0.15) is 0 Å². The lowest BCUT2D eigenvalue weighted by atomic mass is 9.90. The van der Waals surface area contributed by atoms with E-state index in [1.165, 1.54) is 12.3 Å². The molecule has 1 aliphatic rings. The standard InChI is InChI=1S/C13H18FN3O/c1-9-3-2-4-17(12(9)6-15)13(18)10-5-11(14)8-16-7-10/h5,7-9,12H,2-4,6,15H2,1H3/t9-,12+/m0/s1.